The molecule has 2 aromatic heterocycles. The Labute approximate surface area is 241 Å². The maximum Gasteiger partial charge on any atom is 0.417 e. The highest BCUT2D eigenvalue weighted by Crippen LogP contribution is 2.37. The van der Waals surface area contributed by atoms with Gasteiger partial charge in [-0.2, -0.15) is 17.7 Å². The van der Waals surface area contributed by atoms with Crippen molar-refractivity contribution in [1.29, 1.82) is 0 Å². The van der Waals surface area contributed by atoms with Crippen LogP contribution in [0.3, 0.4) is 0 Å². The van der Waals surface area contributed by atoms with Crippen molar-refractivity contribution in [2.24, 2.45) is 0 Å². The quantitative estimate of drug-likeness (QED) is 0.285. The van der Waals surface area contributed by atoms with Crippen LogP contribution >= 0.6 is 0 Å². The number of hydrogen-bond donors (Lipinski definition) is 2. The molecule has 1 fully saturated rings. The Bertz CT molecular complexity index is 1830. The summed E-state index contributed by atoms with van der Waals surface area (Å²) in [6, 6.07) is 16.8. The van der Waals surface area contributed by atoms with Gasteiger partial charge in [-0.05, 0) is 29.8 Å². The van der Waals surface area contributed by atoms with E-state index >= 15 is 0 Å². The minimum atomic E-state index is -4.73. The number of carbonyl (C=O) groups excluding carboxylic acids is 2. The van der Waals surface area contributed by atoms with Crippen LogP contribution in [0.5, 0.6) is 0 Å². The molecule has 43 heavy (non-hydrogen) atoms. The maximum absolute atomic E-state index is 14.0. The zero-order valence-corrected chi connectivity index (χ0v) is 22.3. The number of fused-ring (bicyclic) bond motifs is 3. The lowest BCUT2D eigenvalue weighted by Gasteiger charge is -2.23. The van der Waals surface area contributed by atoms with E-state index in [1.54, 1.807) is 0 Å². The third-order valence-electron chi connectivity index (χ3n) is 6.86. The highest BCUT2D eigenvalue weighted by Gasteiger charge is 2.35. The first-order chi connectivity index (χ1) is 20.7. The van der Waals surface area contributed by atoms with Gasteiger partial charge in [-0.1, -0.05) is 48.5 Å². The summed E-state index contributed by atoms with van der Waals surface area (Å²) in [5, 5.41) is 9.67. The molecule has 0 saturated carbocycles. The Morgan fingerprint density at radius 1 is 1.05 bits per heavy atom. The van der Waals surface area contributed by atoms with E-state index in [1.165, 1.54) is 35.2 Å². The SMILES string of the molecule is O=C1NCCN(C(=O)OCc2ccccc2)C[C@H]1Nc1nc2cccc(C(F)(F)F)c2c2nc(-c3cccc(F)c3)nn12. The van der Waals surface area contributed by atoms with E-state index in [-0.39, 0.29) is 60.1 Å². The van der Waals surface area contributed by atoms with Crippen LogP contribution in [-0.2, 0) is 22.3 Å². The number of anilines is 1. The average Bonchev–Trinajstić information content (AvgIpc) is 3.36. The smallest absolute Gasteiger partial charge is 0.417 e. The lowest BCUT2D eigenvalue weighted by Crippen LogP contribution is -2.44. The summed E-state index contributed by atoms with van der Waals surface area (Å²) in [5.74, 6) is -1.20. The Balaban J connectivity index is 1.38. The number of hydrogen-bond acceptors (Lipinski definition) is 7. The summed E-state index contributed by atoms with van der Waals surface area (Å²) in [4.78, 5) is 35.9. The van der Waals surface area contributed by atoms with Crippen LogP contribution < -0.4 is 10.6 Å². The topological polar surface area (TPSA) is 114 Å². The highest BCUT2D eigenvalue weighted by molar-refractivity contribution is 5.96. The molecule has 10 nitrogen and oxygen atoms in total. The summed E-state index contributed by atoms with van der Waals surface area (Å²) in [6.07, 6.45) is -5.38. The fraction of sp³-hybridized carbons (Fsp3) is 0.207. The third kappa shape index (κ3) is 5.76. The van der Waals surface area contributed by atoms with Gasteiger partial charge in [-0.15, -0.1) is 5.10 Å². The molecular formula is C29H23F4N7O3. The van der Waals surface area contributed by atoms with Crippen molar-refractivity contribution in [3.05, 3.63) is 89.7 Å². The third-order valence-corrected chi connectivity index (χ3v) is 6.86. The summed E-state index contributed by atoms with van der Waals surface area (Å²) in [5.41, 5.74) is -0.224. The van der Waals surface area contributed by atoms with Crippen LogP contribution in [0.25, 0.3) is 27.9 Å². The summed E-state index contributed by atoms with van der Waals surface area (Å²) >= 11 is 0. The number of carbonyl (C=O) groups is 2. The largest absolute Gasteiger partial charge is 0.445 e. The number of rotatable bonds is 5. The maximum atomic E-state index is 14.0. The van der Waals surface area contributed by atoms with Gasteiger partial charge in [0.25, 0.3) is 0 Å². The van der Waals surface area contributed by atoms with E-state index in [2.05, 4.69) is 25.7 Å². The monoisotopic (exact) mass is 593 g/mol. The van der Waals surface area contributed by atoms with E-state index in [0.29, 0.717) is 0 Å². The van der Waals surface area contributed by atoms with Crippen molar-refractivity contribution in [2.45, 2.75) is 18.8 Å². The highest BCUT2D eigenvalue weighted by atomic mass is 19.4. The molecule has 14 heteroatoms. The molecule has 0 spiro atoms. The van der Waals surface area contributed by atoms with Crippen molar-refractivity contribution in [3.8, 4) is 11.4 Å². The van der Waals surface area contributed by atoms with Crippen LogP contribution in [0.4, 0.5) is 28.3 Å². The summed E-state index contributed by atoms with van der Waals surface area (Å²) < 4.78 is 62.6. The second-order valence-electron chi connectivity index (χ2n) is 9.79. The Morgan fingerprint density at radius 2 is 1.84 bits per heavy atom. The van der Waals surface area contributed by atoms with Crippen LogP contribution in [-0.4, -0.2) is 62.2 Å². The van der Waals surface area contributed by atoms with Gasteiger partial charge in [0.15, 0.2) is 11.5 Å². The molecule has 1 atom stereocenters. The van der Waals surface area contributed by atoms with E-state index in [1.807, 2.05) is 30.3 Å². The minimum Gasteiger partial charge on any atom is -0.445 e. The number of aromatic nitrogens is 4. The summed E-state index contributed by atoms with van der Waals surface area (Å²) in [7, 11) is 0. The number of alkyl halides is 3. The van der Waals surface area contributed by atoms with E-state index in [0.717, 1.165) is 22.2 Å². The Morgan fingerprint density at radius 3 is 2.60 bits per heavy atom. The van der Waals surface area contributed by atoms with Crippen LogP contribution in [0, 0.1) is 5.82 Å². The first kappa shape index (κ1) is 27.9. The van der Waals surface area contributed by atoms with Gasteiger partial charge in [0, 0.05) is 18.7 Å². The summed E-state index contributed by atoms with van der Waals surface area (Å²) in [6.45, 7) is 0.223. The van der Waals surface area contributed by atoms with Crippen molar-refractivity contribution >= 4 is 34.5 Å². The molecule has 1 aliphatic rings. The van der Waals surface area contributed by atoms with Crippen LogP contribution in [0.1, 0.15) is 11.1 Å². The zero-order valence-electron chi connectivity index (χ0n) is 22.3. The number of ether oxygens (including phenoxy) is 1. The fourth-order valence-electron chi connectivity index (χ4n) is 4.81. The van der Waals surface area contributed by atoms with Gasteiger partial charge in [0.05, 0.1) is 23.0 Å². The lowest BCUT2D eigenvalue weighted by molar-refractivity contribution is -0.136. The molecule has 0 bridgehead atoms. The van der Waals surface area contributed by atoms with Crippen LogP contribution in [0.2, 0.25) is 0 Å². The molecule has 1 aliphatic heterocycles. The number of nitrogens with zero attached hydrogens (tertiary/aromatic N) is 5. The molecule has 3 heterocycles. The van der Waals surface area contributed by atoms with Crippen molar-refractivity contribution in [1.82, 2.24) is 29.8 Å². The lowest BCUT2D eigenvalue weighted by atomic mass is 10.1. The first-order valence-electron chi connectivity index (χ1n) is 13.2. The van der Waals surface area contributed by atoms with Crippen molar-refractivity contribution < 1.29 is 31.9 Å². The molecular weight excluding hydrogens is 570 g/mol. The predicted molar refractivity (Wildman–Crippen MR) is 147 cm³/mol. The normalized spacial score (nSPS) is 15.8. The van der Waals surface area contributed by atoms with Crippen molar-refractivity contribution in [3.63, 3.8) is 0 Å². The average molecular weight is 594 g/mol. The molecule has 0 radical (unpaired) electrons. The van der Waals surface area contributed by atoms with Gasteiger partial charge in [-0.25, -0.2) is 19.2 Å². The second-order valence-corrected chi connectivity index (χ2v) is 9.79. The fourth-order valence-corrected chi connectivity index (χ4v) is 4.81. The first-order valence-corrected chi connectivity index (χ1v) is 13.2. The van der Waals surface area contributed by atoms with E-state index in [9.17, 15) is 27.2 Å². The molecule has 220 valence electrons. The van der Waals surface area contributed by atoms with Gasteiger partial charge in [-0.3, -0.25) is 4.79 Å². The number of halogens is 4. The molecule has 5 aromatic rings. The number of nitrogens with one attached hydrogen (secondary N) is 2. The predicted octanol–water partition coefficient (Wildman–Crippen LogP) is 4.65. The number of amides is 2. The van der Waals surface area contributed by atoms with Gasteiger partial charge < -0.3 is 20.3 Å². The molecule has 0 aliphatic carbocycles. The molecule has 6 rings (SSSR count). The zero-order chi connectivity index (χ0) is 30.1. The minimum absolute atomic E-state index is 0.0336. The number of benzene rings is 3. The molecule has 2 amide bonds. The van der Waals surface area contributed by atoms with Gasteiger partial charge >= 0.3 is 12.3 Å². The molecule has 3 aromatic carbocycles. The van der Waals surface area contributed by atoms with Gasteiger partial charge in [0.2, 0.25) is 11.9 Å². The Hall–Kier alpha value is -5.27. The van der Waals surface area contributed by atoms with Crippen LogP contribution in [0.15, 0.2) is 72.8 Å². The Kier molecular flexibility index (Phi) is 7.26. The second kappa shape index (κ2) is 11.2. The van der Waals surface area contributed by atoms with Crippen molar-refractivity contribution in [2.75, 3.05) is 25.0 Å². The molecule has 1 saturated heterocycles. The van der Waals surface area contributed by atoms with E-state index in [4.69, 9.17) is 4.74 Å². The van der Waals surface area contributed by atoms with Gasteiger partial charge in [0.1, 0.15) is 18.5 Å². The van der Waals surface area contributed by atoms with E-state index < -0.39 is 35.6 Å². The molecule has 0 unspecified atom stereocenters. The molecule has 2 N–H and O–H groups in total. The standard InChI is InChI=1S/C29H23F4N7O3/c30-19-9-4-8-18(14-19)24-37-25-23-20(29(31,32)33)10-5-11-21(23)35-27(40(25)38-24)36-22-15-39(13-12-34-26(22)41)28(42)43-16-17-6-2-1-3-7-17/h1-11,14,22H,12-13,15-16H2,(H,34,41)(H,35,36)/t22-/m1/s1.